The number of allylic oxidation sites excluding steroid dienone is 2. The third-order valence-electron chi connectivity index (χ3n) is 3.16. The summed E-state index contributed by atoms with van der Waals surface area (Å²) in [6, 6.07) is 9.86. The zero-order chi connectivity index (χ0) is 17.7. The Morgan fingerprint density at radius 2 is 1.67 bits per heavy atom. The maximum atomic E-state index is 13.4. The van der Waals surface area contributed by atoms with Crippen molar-refractivity contribution in [3.05, 3.63) is 89.3 Å². The molecular formula is C18H12F4O2. The summed E-state index contributed by atoms with van der Waals surface area (Å²) >= 11 is 0. The van der Waals surface area contributed by atoms with Gasteiger partial charge < -0.3 is 5.11 Å². The fraction of sp³-hybridized carbons (Fsp3) is 0.0556. The first-order valence-electron chi connectivity index (χ1n) is 6.82. The van der Waals surface area contributed by atoms with Crippen LogP contribution in [0.25, 0.3) is 5.57 Å². The third-order valence-corrected chi connectivity index (χ3v) is 3.16. The van der Waals surface area contributed by atoms with E-state index in [0.29, 0.717) is 16.7 Å². The highest BCUT2D eigenvalue weighted by Crippen LogP contribution is 2.31. The molecule has 0 fully saturated rings. The van der Waals surface area contributed by atoms with Crippen LogP contribution in [0.5, 0.6) is 0 Å². The molecule has 0 radical (unpaired) electrons. The SMILES string of the molecule is O=C(O)/C=C/C=C(/c1ccc(C(F)(F)F)cc1)c1cccc(F)c1. The number of hydrogen-bond acceptors (Lipinski definition) is 1. The lowest BCUT2D eigenvalue weighted by molar-refractivity contribution is -0.137. The number of alkyl halides is 3. The second kappa shape index (κ2) is 7.12. The van der Waals surface area contributed by atoms with E-state index in [1.54, 1.807) is 6.07 Å². The zero-order valence-electron chi connectivity index (χ0n) is 12.2. The van der Waals surface area contributed by atoms with Gasteiger partial charge in [-0.2, -0.15) is 13.2 Å². The second-order valence-electron chi connectivity index (χ2n) is 4.86. The molecule has 24 heavy (non-hydrogen) atoms. The minimum Gasteiger partial charge on any atom is -0.478 e. The van der Waals surface area contributed by atoms with Gasteiger partial charge >= 0.3 is 12.1 Å². The number of hydrogen-bond donors (Lipinski definition) is 1. The molecule has 0 amide bonds. The van der Waals surface area contributed by atoms with Crippen molar-refractivity contribution in [2.24, 2.45) is 0 Å². The van der Waals surface area contributed by atoms with Crippen molar-refractivity contribution < 1.29 is 27.5 Å². The number of carboxylic acid groups (broad SMARTS) is 1. The first-order chi connectivity index (χ1) is 11.3. The molecule has 0 saturated carbocycles. The van der Waals surface area contributed by atoms with Crippen molar-refractivity contribution in [3.8, 4) is 0 Å². The molecule has 0 aliphatic rings. The van der Waals surface area contributed by atoms with Crippen molar-refractivity contribution in [2.75, 3.05) is 0 Å². The molecule has 0 aliphatic carbocycles. The molecule has 0 aliphatic heterocycles. The van der Waals surface area contributed by atoms with Crippen LogP contribution in [-0.2, 0) is 11.0 Å². The quantitative estimate of drug-likeness (QED) is 0.489. The van der Waals surface area contributed by atoms with E-state index < -0.39 is 23.5 Å². The van der Waals surface area contributed by atoms with Gasteiger partial charge in [-0.25, -0.2) is 9.18 Å². The van der Waals surface area contributed by atoms with Gasteiger partial charge in [0.25, 0.3) is 0 Å². The molecule has 2 aromatic carbocycles. The van der Waals surface area contributed by atoms with Gasteiger partial charge in [0, 0.05) is 6.08 Å². The number of benzene rings is 2. The third kappa shape index (κ3) is 4.55. The summed E-state index contributed by atoms with van der Waals surface area (Å²) in [5.41, 5.74) is 0.431. The number of rotatable bonds is 4. The van der Waals surface area contributed by atoms with Crippen molar-refractivity contribution >= 4 is 11.5 Å². The molecule has 0 bridgehead atoms. The Kier molecular flexibility index (Phi) is 5.18. The summed E-state index contributed by atoms with van der Waals surface area (Å²) in [5, 5.41) is 8.64. The molecular weight excluding hydrogens is 324 g/mol. The highest BCUT2D eigenvalue weighted by atomic mass is 19.4. The van der Waals surface area contributed by atoms with Crippen LogP contribution in [0, 0.1) is 5.82 Å². The lowest BCUT2D eigenvalue weighted by Gasteiger charge is -2.11. The summed E-state index contributed by atoms with van der Waals surface area (Å²) < 4.78 is 51.4. The van der Waals surface area contributed by atoms with Gasteiger partial charge in [0.2, 0.25) is 0 Å². The van der Waals surface area contributed by atoms with E-state index in [4.69, 9.17) is 5.11 Å². The van der Waals surface area contributed by atoms with E-state index in [1.165, 1.54) is 42.5 Å². The predicted molar refractivity (Wildman–Crippen MR) is 81.7 cm³/mol. The highest BCUT2D eigenvalue weighted by Gasteiger charge is 2.30. The average molecular weight is 336 g/mol. The summed E-state index contributed by atoms with van der Waals surface area (Å²) in [6.45, 7) is 0. The Bertz CT molecular complexity index is 787. The molecule has 1 N–H and O–H groups in total. The maximum Gasteiger partial charge on any atom is 0.416 e. The molecule has 0 aromatic heterocycles. The average Bonchev–Trinajstić information content (AvgIpc) is 2.50. The number of halogens is 4. The van der Waals surface area contributed by atoms with Crippen molar-refractivity contribution in [2.45, 2.75) is 6.18 Å². The fourth-order valence-electron chi connectivity index (χ4n) is 2.08. The van der Waals surface area contributed by atoms with Gasteiger partial charge in [-0.05, 0) is 41.0 Å². The minimum absolute atomic E-state index is 0.403. The molecule has 0 spiro atoms. The van der Waals surface area contributed by atoms with Crippen LogP contribution in [0.1, 0.15) is 16.7 Å². The van der Waals surface area contributed by atoms with E-state index in [0.717, 1.165) is 18.2 Å². The summed E-state index contributed by atoms with van der Waals surface area (Å²) in [5.74, 6) is -1.68. The molecule has 6 heteroatoms. The Labute approximate surface area is 135 Å². The lowest BCUT2D eigenvalue weighted by Crippen LogP contribution is -2.04. The molecule has 0 unspecified atom stereocenters. The van der Waals surface area contributed by atoms with Gasteiger partial charge in [0.05, 0.1) is 5.56 Å². The fourth-order valence-corrected chi connectivity index (χ4v) is 2.08. The number of carboxylic acids is 1. The topological polar surface area (TPSA) is 37.3 Å². The van der Waals surface area contributed by atoms with Crippen LogP contribution in [0.15, 0.2) is 66.8 Å². The summed E-state index contributed by atoms with van der Waals surface area (Å²) in [6.07, 6.45) is -0.931. The van der Waals surface area contributed by atoms with E-state index in [2.05, 4.69) is 0 Å². The largest absolute Gasteiger partial charge is 0.478 e. The Morgan fingerprint density at radius 1 is 1.00 bits per heavy atom. The van der Waals surface area contributed by atoms with Crippen LogP contribution >= 0.6 is 0 Å². The van der Waals surface area contributed by atoms with E-state index in [-0.39, 0.29) is 0 Å². The van der Waals surface area contributed by atoms with Gasteiger partial charge in [-0.1, -0.05) is 36.4 Å². The van der Waals surface area contributed by atoms with Gasteiger partial charge in [0.15, 0.2) is 0 Å². The Balaban J connectivity index is 2.48. The van der Waals surface area contributed by atoms with Crippen molar-refractivity contribution in [1.29, 1.82) is 0 Å². The van der Waals surface area contributed by atoms with Crippen LogP contribution < -0.4 is 0 Å². The lowest BCUT2D eigenvalue weighted by atomic mass is 9.96. The maximum absolute atomic E-state index is 13.4. The normalized spacial score (nSPS) is 12.6. The van der Waals surface area contributed by atoms with E-state index in [9.17, 15) is 22.4 Å². The monoisotopic (exact) mass is 336 g/mol. The second-order valence-corrected chi connectivity index (χ2v) is 4.86. The molecule has 124 valence electrons. The van der Waals surface area contributed by atoms with Crippen LogP contribution in [0.2, 0.25) is 0 Å². The number of carbonyl (C=O) groups is 1. The first kappa shape index (κ1) is 17.5. The highest BCUT2D eigenvalue weighted by molar-refractivity contribution is 5.84. The molecule has 2 aromatic rings. The zero-order valence-corrected chi connectivity index (χ0v) is 12.2. The molecule has 0 heterocycles. The minimum atomic E-state index is -4.45. The summed E-state index contributed by atoms with van der Waals surface area (Å²) in [4.78, 5) is 10.6. The standard InChI is InChI=1S/C18H12F4O2/c19-15-4-1-3-13(11-15)16(5-2-6-17(23)24)12-7-9-14(10-8-12)18(20,21)22/h1-11H,(H,23,24)/b6-2+,16-5-. The Morgan fingerprint density at radius 3 is 2.21 bits per heavy atom. The Hall–Kier alpha value is -2.89. The first-order valence-corrected chi connectivity index (χ1v) is 6.82. The van der Waals surface area contributed by atoms with Crippen LogP contribution in [0.4, 0.5) is 17.6 Å². The van der Waals surface area contributed by atoms with Gasteiger partial charge in [0.1, 0.15) is 5.82 Å². The van der Waals surface area contributed by atoms with Crippen molar-refractivity contribution in [3.63, 3.8) is 0 Å². The summed E-state index contributed by atoms with van der Waals surface area (Å²) in [7, 11) is 0. The van der Waals surface area contributed by atoms with Crippen molar-refractivity contribution in [1.82, 2.24) is 0 Å². The van der Waals surface area contributed by atoms with Crippen LogP contribution in [-0.4, -0.2) is 11.1 Å². The molecule has 2 rings (SSSR count). The predicted octanol–water partition coefficient (Wildman–Crippen LogP) is 4.92. The molecule has 0 atom stereocenters. The molecule has 2 nitrogen and oxygen atoms in total. The smallest absolute Gasteiger partial charge is 0.416 e. The van der Waals surface area contributed by atoms with Gasteiger partial charge in [-0.15, -0.1) is 0 Å². The van der Waals surface area contributed by atoms with Crippen LogP contribution in [0.3, 0.4) is 0 Å². The van der Waals surface area contributed by atoms with E-state index >= 15 is 0 Å². The molecule has 0 saturated heterocycles. The number of aliphatic carboxylic acids is 1. The van der Waals surface area contributed by atoms with E-state index in [1.807, 2.05) is 0 Å². The van der Waals surface area contributed by atoms with Gasteiger partial charge in [-0.3, -0.25) is 0 Å².